The standard InChI is InChI=1S/C15H20N2O/c1-11-7-8-12(10-16)9-14(11)17-13-5-3-2-4-6-15(13)18/h7-9,13,15,17-18H,2-6H2,1H3. The largest absolute Gasteiger partial charge is 0.391 e. The third kappa shape index (κ3) is 3.02. The van der Waals surface area contributed by atoms with Gasteiger partial charge in [-0.25, -0.2) is 0 Å². The van der Waals surface area contributed by atoms with Crippen LogP contribution in [0.1, 0.15) is 43.2 Å². The molecule has 1 saturated carbocycles. The summed E-state index contributed by atoms with van der Waals surface area (Å²) < 4.78 is 0. The average Bonchev–Trinajstić information content (AvgIpc) is 2.58. The molecule has 1 aliphatic rings. The fourth-order valence-electron chi connectivity index (χ4n) is 2.50. The van der Waals surface area contributed by atoms with Crippen LogP contribution in [0.2, 0.25) is 0 Å². The third-order valence-corrected chi connectivity index (χ3v) is 3.69. The maximum atomic E-state index is 10.1. The van der Waals surface area contributed by atoms with Crippen LogP contribution in [0.25, 0.3) is 0 Å². The Hall–Kier alpha value is -1.53. The summed E-state index contributed by atoms with van der Waals surface area (Å²) in [6, 6.07) is 7.90. The van der Waals surface area contributed by atoms with Gasteiger partial charge in [0, 0.05) is 5.69 Å². The maximum Gasteiger partial charge on any atom is 0.0992 e. The molecule has 0 saturated heterocycles. The Balaban J connectivity index is 2.14. The van der Waals surface area contributed by atoms with Crippen molar-refractivity contribution in [3.63, 3.8) is 0 Å². The molecule has 1 aliphatic carbocycles. The van der Waals surface area contributed by atoms with E-state index in [1.165, 1.54) is 6.42 Å². The molecule has 0 amide bonds. The lowest BCUT2D eigenvalue weighted by Gasteiger charge is -2.24. The molecule has 2 N–H and O–H groups in total. The highest BCUT2D eigenvalue weighted by molar-refractivity contribution is 5.55. The number of rotatable bonds is 2. The van der Waals surface area contributed by atoms with Gasteiger partial charge in [-0.15, -0.1) is 0 Å². The molecule has 2 unspecified atom stereocenters. The van der Waals surface area contributed by atoms with E-state index in [4.69, 9.17) is 5.26 Å². The minimum atomic E-state index is -0.280. The van der Waals surface area contributed by atoms with Gasteiger partial charge >= 0.3 is 0 Å². The fourth-order valence-corrected chi connectivity index (χ4v) is 2.50. The van der Waals surface area contributed by atoms with Gasteiger partial charge in [-0.1, -0.05) is 25.3 Å². The van der Waals surface area contributed by atoms with E-state index < -0.39 is 0 Å². The summed E-state index contributed by atoms with van der Waals surface area (Å²) in [4.78, 5) is 0. The first-order valence-corrected chi connectivity index (χ1v) is 6.66. The predicted molar refractivity (Wildman–Crippen MR) is 72.4 cm³/mol. The van der Waals surface area contributed by atoms with Crippen LogP contribution in [0.4, 0.5) is 5.69 Å². The number of nitrogens with zero attached hydrogens (tertiary/aromatic N) is 1. The molecule has 3 heteroatoms. The van der Waals surface area contributed by atoms with Gasteiger partial charge in [-0.05, 0) is 37.5 Å². The normalized spacial score (nSPS) is 24.1. The summed E-state index contributed by atoms with van der Waals surface area (Å²) in [7, 11) is 0. The zero-order valence-electron chi connectivity index (χ0n) is 10.8. The van der Waals surface area contributed by atoms with Crippen LogP contribution in [-0.4, -0.2) is 17.3 Å². The van der Waals surface area contributed by atoms with Gasteiger partial charge in [-0.2, -0.15) is 5.26 Å². The Morgan fingerprint density at radius 3 is 2.83 bits per heavy atom. The van der Waals surface area contributed by atoms with E-state index >= 15 is 0 Å². The van der Waals surface area contributed by atoms with Crippen molar-refractivity contribution in [2.45, 2.75) is 51.2 Å². The second-order valence-electron chi connectivity index (χ2n) is 5.10. The number of aliphatic hydroxyl groups is 1. The van der Waals surface area contributed by atoms with Crippen LogP contribution >= 0.6 is 0 Å². The van der Waals surface area contributed by atoms with Crippen LogP contribution in [-0.2, 0) is 0 Å². The molecule has 1 fully saturated rings. The summed E-state index contributed by atoms with van der Waals surface area (Å²) in [5.74, 6) is 0. The number of hydrogen-bond donors (Lipinski definition) is 2. The predicted octanol–water partition coefficient (Wildman–Crippen LogP) is 2.97. The van der Waals surface area contributed by atoms with E-state index in [0.29, 0.717) is 5.56 Å². The van der Waals surface area contributed by atoms with Gasteiger partial charge in [0.15, 0.2) is 0 Å². The molecule has 2 rings (SSSR count). The van der Waals surface area contributed by atoms with E-state index in [1.54, 1.807) is 0 Å². The first-order chi connectivity index (χ1) is 8.70. The number of aliphatic hydroxyl groups excluding tert-OH is 1. The first kappa shape index (κ1) is 12.9. The van der Waals surface area contributed by atoms with Crippen LogP contribution in [0, 0.1) is 18.3 Å². The van der Waals surface area contributed by atoms with Crippen LogP contribution in [0.15, 0.2) is 18.2 Å². The molecule has 0 radical (unpaired) electrons. The lowest BCUT2D eigenvalue weighted by Crippen LogP contribution is -2.32. The molecule has 0 spiro atoms. The molecule has 2 atom stereocenters. The van der Waals surface area contributed by atoms with Crippen molar-refractivity contribution in [3.05, 3.63) is 29.3 Å². The van der Waals surface area contributed by atoms with Gasteiger partial charge in [0.25, 0.3) is 0 Å². The summed E-state index contributed by atoms with van der Waals surface area (Å²) in [5.41, 5.74) is 2.75. The van der Waals surface area contributed by atoms with Crippen LogP contribution in [0.3, 0.4) is 0 Å². The summed E-state index contributed by atoms with van der Waals surface area (Å²) >= 11 is 0. The van der Waals surface area contributed by atoms with E-state index in [9.17, 15) is 5.11 Å². The number of nitriles is 1. The van der Waals surface area contributed by atoms with E-state index in [-0.39, 0.29) is 12.1 Å². The smallest absolute Gasteiger partial charge is 0.0992 e. The van der Waals surface area contributed by atoms with E-state index in [2.05, 4.69) is 11.4 Å². The zero-order valence-corrected chi connectivity index (χ0v) is 10.8. The number of nitrogens with one attached hydrogen (secondary N) is 1. The van der Waals surface area contributed by atoms with E-state index in [0.717, 1.165) is 36.9 Å². The Morgan fingerprint density at radius 1 is 1.28 bits per heavy atom. The summed E-state index contributed by atoms with van der Waals surface area (Å²) in [5, 5.41) is 22.4. The zero-order chi connectivity index (χ0) is 13.0. The van der Waals surface area contributed by atoms with Crippen LogP contribution < -0.4 is 5.32 Å². The Bertz CT molecular complexity index is 450. The molecule has 0 aromatic heterocycles. The molecule has 0 bridgehead atoms. The molecule has 96 valence electrons. The van der Waals surface area contributed by atoms with Crippen molar-refractivity contribution in [2.24, 2.45) is 0 Å². The second kappa shape index (κ2) is 5.88. The van der Waals surface area contributed by atoms with Gasteiger partial charge in [0.2, 0.25) is 0 Å². The van der Waals surface area contributed by atoms with Crippen molar-refractivity contribution in [2.75, 3.05) is 5.32 Å². The number of anilines is 1. The molecule has 0 heterocycles. The van der Waals surface area contributed by atoms with E-state index in [1.807, 2.05) is 25.1 Å². The second-order valence-corrected chi connectivity index (χ2v) is 5.10. The van der Waals surface area contributed by atoms with Gasteiger partial charge < -0.3 is 10.4 Å². The van der Waals surface area contributed by atoms with Crippen molar-refractivity contribution < 1.29 is 5.11 Å². The Morgan fingerprint density at radius 2 is 2.06 bits per heavy atom. The Kier molecular flexibility index (Phi) is 4.22. The number of hydrogen-bond acceptors (Lipinski definition) is 3. The monoisotopic (exact) mass is 244 g/mol. The highest BCUT2D eigenvalue weighted by Gasteiger charge is 2.21. The van der Waals surface area contributed by atoms with Crippen molar-refractivity contribution in [3.8, 4) is 6.07 Å². The Labute approximate surface area is 108 Å². The maximum absolute atomic E-state index is 10.1. The number of aryl methyl sites for hydroxylation is 1. The molecule has 1 aromatic carbocycles. The van der Waals surface area contributed by atoms with Crippen molar-refractivity contribution >= 4 is 5.69 Å². The third-order valence-electron chi connectivity index (χ3n) is 3.69. The lowest BCUT2D eigenvalue weighted by molar-refractivity contribution is 0.144. The molecule has 0 aliphatic heterocycles. The quantitative estimate of drug-likeness (QED) is 0.786. The highest BCUT2D eigenvalue weighted by atomic mass is 16.3. The van der Waals surface area contributed by atoms with Gasteiger partial charge in [-0.3, -0.25) is 0 Å². The fraction of sp³-hybridized carbons (Fsp3) is 0.533. The molecular weight excluding hydrogens is 224 g/mol. The minimum absolute atomic E-state index is 0.111. The van der Waals surface area contributed by atoms with Crippen molar-refractivity contribution in [1.82, 2.24) is 0 Å². The number of benzene rings is 1. The summed E-state index contributed by atoms with van der Waals surface area (Å²) in [6.07, 6.45) is 5.05. The molecular formula is C15H20N2O. The highest BCUT2D eigenvalue weighted by Crippen LogP contribution is 2.24. The molecule has 3 nitrogen and oxygen atoms in total. The van der Waals surface area contributed by atoms with Gasteiger partial charge in [0.1, 0.15) is 0 Å². The first-order valence-electron chi connectivity index (χ1n) is 6.66. The lowest BCUT2D eigenvalue weighted by atomic mass is 10.0. The SMILES string of the molecule is Cc1ccc(C#N)cc1NC1CCCCCC1O. The topological polar surface area (TPSA) is 56.0 Å². The molecule has 18 heavy (non-hydrogen) atoms. The molecule has 1 aromatic rings. The average molecular weight is 244 g/mol. The van der Waals surface area contributed by atoms with Crippen LogP contribution in [0.5, 0.6) is 0 Å². The summed E-state index contributed by atoms with van der Waals surface area (Å²) in [6.45, 7) is 2.02. The van der Waals surface area contributed by atoms with Gasteiger partial charge in [0.05, 0.1) is 23.8 Å². The minimum Gasteiger partial charge on any atom is -0.391 e. The van der Waals surface area contributed by atoms with Crippen molar-refractivity contribution in [1.29, 1.82) is 5.26 Å².